The van der Waals surface area contributed by atoms with Crippen LogP contribution >= 0.6 is 0 Å². The van der Waals surface area contributed by atoms with Gasteiger partial charge >= 0.3 is 0 Å². The summed E-state index contributed by atoms with van der Waals surface area (Å²) in [5, 5.41) is 12.9. The predicted molar refractivity (Wildman–Crippen MR) is 116 cm³/mol. The fraction of sp³-hybridized carbons (Fsp3) is 0. The molecule has 5 aromatic rings. The van der Waals surface area contributed by atoms with Crippen LogP contribution in [0.3, 0.4) is 0 Å². The van der Waals surface area contributed by atoms with Gasteiger partial charge in [-0.3, -0.25) is 9.29 Å². The first kappa shape index (κ1) is 21.1. The number of hydrogen-bond donors (Lipinski definition) is 2. The highest BCUT2D eigenvalue weighted by atomic mass is 32.2. The number of aromatic amines is 1. The van der Waals surface area contributed by atoms with Gasteiger partial charge in [0.05, 0.1) is 10.5 Å². The van der Waals surface area contributed by atoms with Gasteiger partial charge in [0, 0.05) is 24.1 Å². The van der Waals surface area contributed by atoms with Gasteiger partial charge in [-0.1, -0.05) is 0 Å². The van der Waals surface area contributed by atoms with Gasteiger partial charge in [-0.15, -0.1) is 10.2 Å². The fourth-order valence-corrected chi connectivity index (χ4v) is 4.05. The molecule has 0 aliphatic heterocycles. The Labute approximate surface area is 191 Å². The third-order valence-corrected chi connectivity index (χ3v) is 5.94. The molecule has 34 heavy (non-hydrogen) atoms. The lowest BCUT2D eigenvalue weighted by Crippen LogP contribution is -2.13. The molecule has 0 saturated carbocycles. The zero-order valence-corrected chi connectivity index (χ0v) is 17.9. The number of anilines is 1. The standard InChI is InChI=1S/C20H14FN9O3S/c21-17-6-5-15(9-16(17)20-25-28-29-26-20)34(31,32)27-13-1-3-14(4-2-13)33-19-10-18(23-11-24-19)30-8-7-22-12-30/h1-12,27H,(H,25,26,28,29). The van der Waals surface area contributed by atoms with Crippen LogP contribution in [0.2, 0.25) is 0 Å². The van der Waals surface area contributed by atoms with Crippen LogP contribution in [0.5, 0.6) is 11.6 Å². The maximum Gasteiger partial charge on any atom is 0.261 e. The molecule has 0 atom stereocenters. The molecule has 0 bridgehead atoms. The van der Waals surface area contributed by atoms with E-state index in [1.54, 1.807) is 41.5 Å². The summed E-state index contributed by atoms with van der Waals surface area (Å²) in [4.78, 5) is 12.0. The van der Waals surface area contributed by atoms with Crippen molar-refractivity contribution in [2.75, 3.05) is 4.72 Å². The zero-order valence-electron chi connectivity index (χ0n) is 17.1. The van der Waals surface area contributed by atoms with Crippen molar-refractivity contribution in [2.24, 2.45) is 0 Å². The minimum atomic E-state index is -4.02. The van der Waals surface area contributed by atoms with E-state index in [2.05, 4.69) is 40.3 Å². The SMILES string of the molecule is O=S(=O)(Nc1ccc(Oc2cc(-n3ccnc3)ncn2)cc1)c1ccc(F)c(-c2nn[nH]n2)c1. The van der Waals surface area contributed by atoms with Gasteiger partial charge in [-0.05, 0) is 47.7 Å². The molecule has 0 spiro atoms. The summed E-state index contributed by atoms with van der Waals surface area (Å²) in [6.07, 6.45) is 6.32. The van der Waals surface area contributed by atoms with Crippen LogP contribution in [0.1, 0.15) is 0 Å². The number of H-pyrrole nitrogens is 1. The highest BCUT2D eigenvalue weighted by molar-refractivity contribution is 7.92. The number of halogens is 1. The molecule has 2 aromatic carbocycles. The smallest absolute Gasteiger partial charge is 0.261 e. The monoisotopic (exact) mass is 479 g/mol. The summed E-state index contributed by atoms with van der Waals surface area (Å²) < 4.78 is 49.6. The van der Waals surface area contributed by atoms with E-state index in [4.69, 9.17) is 4.74 Å². The molecular formula is C20H14FN9O3S. The van der Waals surface area contributed by atoms with E-state index >= 15 is 0 Å². The molecule has 2 N–H and O–H groups in total. The van der Waals surface area contributed by atoms with Gasteiger partial charge in [0.15, 0.2) is 0 Å². The summed E-state index contributed by atoms with van der Waals surface area (Å²) >= 11 is 0. The molecule has 3 heterocycles. The second-order valence-corrected chi connectivity index (χ2v) is 8.48. The minimum absolute atomic E-state index is 0.0584. The van der Waals surface area contributed by atoms with Crippen LogP contribution in [0, 0.1) is 5.82 Å². The average Bonchev–Trinajstić information content (AvgIpc) is 3.55. The quantitative estimate of drug-likeness (QED) is 0.358. The number of ether oxygens (including phenoxy) is 1. The Morgan fingerprint density at radius 1 is 1.06 bits per heavy atom. The molecule has 0 aliphatic carbocycles. The van der Waals surface area contributed by atoms with E-state index in [9.17, 15) is 12.8 Å². The van der Waals surface area contributed by atoms with Gasteiger partial charge < -0.3 is 4.74 Å². The third kappa shape index (κ3) is 4.42. The maximum absolute atomic E-state index is 14.1. The lowest BCUT2D eigenvalue weighted by atomic mass is 10.2. The van der Waals surface area contributed by atoms with Crippen LogP contribution in [0.25, 0.3) is 17.2 Å². The number of nitrogens with one attached hydrogen (secondary N) is 2. The topological polar surface area (TPSA) is 153 Å². The molecule has 12 nitrogen and oxygen atoms in total. The number of sulfonamides is 1. The van der Waals surface area contributed by atoms with Crippen LogP contribution in [-0.4, -0.2) is 48.6 Å². The molecule has 14 heteroatoms. The van der Waals surface area contributed by atoms with Gasteiger partial charge in [-0.25, -0.2) is 27.8 Å². The lowest BCUT2D eigenvalue weighted by Gasteiger charge is -2.10. The highest BCUT2D eigenvalue weighted by Gasteiger charge is 2.19. The fourth-order valence-electron chi connectivity index (χ4n) is 2.97. The summed E-state index contributed by atoms with van der Waals surface area (Å²) in [7, 11) is -4.02. The summed E-state index contributed by atoms with van der Waals surface area (Å²) in [6, 6.07) is 11.1. The Balaban J connectivity index is 1.32. The molecule has 3 aromatic heterocycles. The zero-order chi connectivity index (χ0) is 23.5. The Bertz CT molecular complexity index is 1520. The molecule has 0 unspecified atom stereocenters. The van der Waals surface area contributed by atoms with Crippen molar-refractivity contribution in [1.29, 1.82) is 0 Å². The van der Waals surface area contributed by atoms with E-state index < -0.39 is 15.8 Å². The van der Waals surface area contributed by atoms with Crippen molar-refractivity contribution in [3.63, 3.8) is 0 Å². The molecule has 5 rings (SSSR count). The molecular weight excluding hydrogens is 465 g/mol. The molecule has 0 saturated heterocycles. The number of imidazole rings is 1. The van der Waals surface area contributed by atoms with Crippen molar-refractivity contribution in [2.45, 2.75) is 4.90 Å². The summed E-state index contributed by atoms with van der Waals surface area (Å²) in [5.41, 5.74) is 0.180. The first-order chi connectivity index (χ1) is 16.5. The number of hydrogen-bond acceptors (Lipinski definition) is 9. The Kier molecular flexibility index (Phi) is 5.39. The highest BCUT2D eigenvalue weighted by Crippen LogP contribution is 2.26. The van der Waals surface area contributed by atoms with E-state index in [0.717, 1.165) is 18.2 Å². The molecule has 170 valence electrons. The van der Waals surface area contributed by atoms with Crippen molar-refractivity contribution in [1.82, 2.24) is 40.1 Å². The third-order valence-electron chi connectivity index (χ3n) is 4.56. The summed E-state index contributed by atoms with van der Waals surface area (Å²) in [5.74, 6) is 0.567. The van der Waals surface area contributed by atoms with Crippen LogP contribution < -0.4 is 9.46 Å². The number of aromatic nitrogens is 8. The van der Waals surface area contributed by atoms with E-state index in [1.807, 2.05) is 0 Å². The van der Waals surface area contributed by atoms with E-state index in [1.165, 1.54) is 18.5 Å². The normalized spacial score (nSPS) is 11.3. The number of nitrogens with zero attached hydrogens (tertiary/aromatic N) is 7. The summed E-state index contributed by atoms with van der Waals surface area (Å²) in [6.45, 7) is 0. The first-order valence-corrected chi connectivity index (χ1v) is 11.1. The van der Waals surface area contributed by atoms with Gasteiger partial charge in [0.25, 0.3) is 10.0 Å². The number of tetrazole rings is 1. The molecule has 0 radical (unpaired) electrons. The van der Waals surface area contributed by atoms with Gasteiger partial charge in [0.1, 0.15) is 30.0 Å². The predicted octanol–water partition coefficient (Wildman–Crippen LogP) is 2.57. The number of benzene rings is 2. The van der Waals surface area contributed by atoms with E-state index in [0.29, 0.717) is 17.4 Å². The Morgan fingerprint density at radius 3 is 2.65 bits per heavy atom. The molecule has 0 fully saturated rings. The Morgan fingerprint density at radius 2 is 1.91 bits per heavy atom. The second kappa shape index (κ2) is 8.67. The van der Waals surface area contributed by atoms with Crippen LogP contribution in [-0.2, 0) is 10.0 Å². The first-order valence-electron chi connectivity index (χ1n) is 9.62. The van der Waals surface area contributed by atoms with Gasteiger partial charge in [-0.2, -0.15) is 5.21 Å². The van der Waals surface area contributed by atoms with Crippen molar-refractivity contribution in [3.05, 3.63) is 79.4 Å². The average molecular weight is 479 g/mol. The van der Waals surface area contributed by atoms with Gasteiger partial charge in [0.2, 0.25) is 11.7 Å². The largest absolute Gasteiger partial charge is 0.439 e. The van der Waals surface area contributed by atoms with Crippen molar-refractivity contribution < 1.29 is 17.5 Å². The molecule has 0 amide bonds. The van der Waals surface area contributed by atoms with Crippen molar-refractivity contribution >= 4 is 15.7 Å². The minimum Gasteiger partial charge on any atom is -0.439 e. The van der Waals surface area contributed by atoms with Crippen LogP contribution in [0.15, 0.2) is 78.5 Å². The second-order valence-electron chi connectivity index (χ2n) is 6.79. The lowest BCUT2D eigenvalue weighted by molar-refractivity contribution is 0.461. The van der Waals surface area contributed by atoms with E-state index in [-0.39, 0.29) is 22.0 Å². The number of rotatable bonds is 7. The van der Waals surface area contributed by atoms with Crippen LogP contribution in [0.4, 0.5) is 10.1 Å². The maximum atomic E-state index is 14.1. The Hall–Kier alpha value is -4.72. The van der Waals surface area contributed by atoms with Crippen molar-refractivity contribution in [3.8, 4) is 28.8 Å². The molecule has 0 aliphatic rings.